The van der Waals surface area contributed by atoms with Gasteiger partial charge in [0.1, 0.15) is 5.75 Å². The summed E-state index contributed by atoms with van der Waals surface area (Å²) in [5.41, 5.74) is 7.77. The van der Waals surface area contributed by atoms with E-state index in [-0.39, 0.29) is 41.1 Å². The summed E-state index contributed by atoms with van der Waals surface area (Å²) in [5, 5.41) is 8.77. The van der Waals surface area contributed by atoms with E-state index in [4.69, 9.17) is 22.1 Å². The van der Waals surface area contributed by atoms with Gasteiger partial charge in [0.2, 0.25) is 0 Å². The number of rotatable bonds is 15. The molecule has 0 radical (unpaired) electrons. The minimum absolute atomic E-state index is 0.0134. The normalized spacial score (nSPS) is 18.3. The Kier molecular flexibility index (Phi) is 12.3. The van der Waals surface area contributed by atoms with Gasteiger partial charge in [0.25, 0.3) is 11.8 Å². The van der Waals surface area contributed by atoms with Crippen LogP contribution in [0, 0.1) is 0 Å². The number of quaternary nitrogens is 1. The van der Waals surface area contributed by atoms with Crippen LogP contribution in [0.25, 0.3) is 0 Å². The molecular weight excluding hydrogens is 556 g/mol. The molecule has 2 unspecified atom stereocenters. The highest BCUT2D eigenvalue weighted by Gasteiger charge is 2.34. The maximum absolute atomic E-state index is 13.1. The third-order valence-electron chi connectivity index (χ3n) is 7.39. The van der Waals surface area contributed by atoms with Gasteiger partial charge in [-0.25, -0.2) is 9.97 Å². The SMILES string of the molecule is C=CN=CC(=C)CNC(=O)COc1ccc(CCC[N+]2(CC)CCCC(NC(=O)c3nc(Cl)c(N)nc3NC)C2)cc1. The maximum atomic E-state index is 13.1. The van der Waals surface area contributed by atoms with Gasteiger partial charge in [-0.05, 0) is 49.5 Å². The molecule has 2 aromatic rings. The molecule has 12 heteroatoms. The van der Waals surface area contributed by atoms with Crippen LogP contribution in [0.5, 0.6) is 5.75 Å². The molecule has 0 aliphatic carbocycles. The third kappa shape index (κ3) is 9.56. The van der Waals surface area contributed by atoms with Crippen LogP contribution >= 0.6 is 11.6 Å². The van der Waals surface area contributed by atoms with E-state index in [1.165, 1.54) is 11.8 Å². The number of hydrogen-bond acceptors (Lipinski definition) is 8. The van der Waals surface area contributed by atoms with Crippen LogP contribution < -0.4 is 26.4 Å². The molecule has 3 rings (SSSR count). The van der Waals surface area contributed by atoms with Gasteiger partial charge in [0, 0.05) is 32.4 Å². The fourth-order valence-electron chi connectivity index (χ4n) is 5.09. The first kappa shape index (κ1) is 32.6. The first-order chi connectivity index (χ1) is 20.2. The first-order valence-electron chi connectivity index (χ1n) is 14.2. The Balaban J connectivity index is 1.46. The number of aromatic nitrogens is 2. The van der Waals surface area contributed by atoms with E-state index in [0.717, 1.165) is 56.3 Å². The highest BCUT2D eigenvalue weighted by molar-refractivity contribution is 6.31. The summed E-state index contributed by atoms with van der Waals surface area (Å²) in [6.07, 6.45) is 6.84. The van der Waals surface area contributed by atoms with Crippen molar-refractivity contribution in [3.8, 4) is 5.75 Å². The number of carbonyl (C=O) groups is 2. The van der Waals surface area contributed by atoms with Crippen LogP contribution in [0.1, 0.15) is 42.2 Å². The molecule has 0 bridgehead atoms. The summed E-state index contributed by atoms with van der Waals surface area (Å²) in [6, 6.07) is 7.88. The minimum atomic E-state index is -0.307. The number of nitrogens with two attached hydrogens (primary N) is 1. The molecule has 1 saturated heterocycles. The number of nitrogens with one attached hydrogen (secondary N) is 3. The Morgan fingerprint density at radius 3 is 2.74 bits per heavy atom. The van der Waals surface area contributed by atoms with Gasteiger partial charge in [-0.15, -0.1) is 0 Å². The molecule has 5 N–H and O–H groups in total. The number of amides is 2. The second-order valence-corrected chi connectivity index (χ2v) is 10.7. The zero-order chi connectivity index (χ0) is 30.5. The molecule has 1 aromatic carbocycles. The van der Waals surface area contributed by atoms with Gasteiger partial charge in [-0.2, -0.15) is 0 Å². The average Bonchev–Trinajstić information content (AvgIpc) is 2.99. The Morgan fingerprint density at radius 2 is 2.05 bits per heavy atom. The van der Waals surface area contributed by atoms with Crippen molar-refractivity contribution < 1.29 is 18.8 Å². The van der Waals surface area contributed by atoms with Gasteiger partial charge in [-0.1, -0.05) is 36.9 Å². The molecule has 1 fully saturated rings. The van der Waals surface area contributed by atoms with E-state index in [9.17, 15) is 9.59 Å². The van der Waals surface area contributed by atoms with Crippen LogP contribution in [0.2, 0.25) is 5.15 Å². The van der Waals surface area contributed by atoms with Crippen molar-refractivity contribution in [1.82, 2.24) is 20.6 Å². The number of hydrogen-bond donors (Lipinski definition) is 4. The second-order valence-electron chi connectivity index (χ2n) is 10.4. The molecule has 2 atom stereocenters. The van der Waals surface area contributed by atoms with E-state index < -0.39 is 0 Å². The highest BCUT2D eigenvalue weighted by Crippen LogP contribution is 2.23. The maximum Gasteiger partial charge on any atom is 0.274 e. The molecule has 11 nitrogen and oxygen atoms in total. The fraction of sp³-hybridized carbons (Fsp3) is 0.433. The molecular formula is C30H42ClN8O3+. The number of anilines is 2. The number of likely N-dealkylation sites (N-methyl/N-ethyl adjacent to an activating group) is 1. The van der Waals surface area contributed by atoms with Gasteiger partial charge >= 0.3 is 0 Å². The Hall–Kier alpha value is -3.96. The molecule has 0 saturated carbocycles. The summed E-state index contributed by atoms with van der Waals surface area (Å²) in [6.45, 7) is 13.7. The van der Waals surface area contributed by atoms with E-state index in [0.29, 0.717) is 23.7 Å². The monoisotopic (exact) mass is 597 g/mol. The quantitative estimate of drug-likeness (QED) is 0.182. The smallest absolute Gasteiger partial charge is 0.274 e. The third-order valence-corrected chi connectivity index (χ3v) is 7.67. The van der Waals surface area contributed by atoms with Crippen molar-refractivity contribution in [2.75, 3.05) is 57.4 Å². The van der Waals surface area contributed by atoms with Gasteiger partial charge in [0.15, 0.2) is 29.1 Å². The molecule has 0 spiro atoms. The van der Waals surface area contributed by atoms with Crippen molar-refractivity contribution >= 4 is 41.3 Å². The number of carbonyl (C=O) groups excluding carboxylic acids is 2. The predicted octanol–water partition coefficient (Wildman–Crippen LogP) is 3.38. The predicted molar refractivity (Wildman–Crippen MR) is 168 cm³/mol. The lowest BCUT2D eigenvalue weighted by atomic mass is 10.0. The molecule has 2 heterocycles. The lowest BCUT2D eigenvalue weighted by Gasteiger charge is -2.44. The Bertz CT molecular complexity index is 1280. The lowest BCUT2D eigenvalue weighted by molar-refractivity contribution is -0.932. The lowest BCUT2D eigenvalue weighted by Crippen LogP contribution is -2.59. The summed E-state index contributed by atoms with van der Waals surface area (Å²) < 4.78 is 6.56. The summed E-state index contributed by atoms with van der Waals surface area (Å²) in [4.78, 5) is 37.3. The zero-order valence-electron chi connectivity index (χ0n) is 24.5. The fourth-order valence-corrected chi connectivity index (χ4v) is 5.22. The van der Waals surface area contributed by atoms with E-state index in [1.807, 2.05) is 24.3 Å². The number of halogens is 1. The number of likely N-dealkylation sites (tertiary alicyclic amines) is 1. The van der Waals surface area contributed by atoms with Crippen LogP contribution in [0.15, 0.2) is 54.2 Å². The minimum Gasteiger partial charge on any atom is -0.484 e. The van der Waals surface area contributed by atoms with Crippen molar-refractivity contribution in [3.05, 3.63) is 65.6 Å². The standard InChI is InChI=1S/C30H41ClN8O3/c1-5-34-17-21(3)18-35-25(40)20-42-24-13-11-22(12-14-24)9-7-15-39(6-2)16-8-10-23(19-39)36-30(41)26-29(33-4)38-28(32)27(31)37-26/h5,11-14,17,23H,1,3,6-10,15-16,18-20H2,2,4H3,(H4-,32,33,35,36,38,40,41)/p+1. The zero-order valence-corrected chi connectivity index (χ0v) is 25.3. The molecule has 42 heavy (non-hydrogen) atoms. The summed E-state index contributed by atoms with van der Waals surface area (Å²) >= 11 is 6.03. The first-order valence-corrected chi connectivity index (χ1v) is 14.5. The number of benzene rings is 1. The average molecular weight is 598 g/mol. The topological polar surface area (TPSA) is 144 Å². The van der Waals surface area contributed by atoms with Crippen LogP contribution in [-0.4, -0.2) is 84.9 Å². The molecule has 226 valence electrons. The Labute approximate surface area is 252 Å². The van der Waals surface area contributed by atoms with E-state index >= 15 is 0 Å². The molecule has 1 aliphatic rings. The second kappa shape index (κ2) is 15.9. The molecule has 1 aromatic heterocycles. The van der Waals surface area contributed by atoms with Crippen molar-refractivity contribution in [2.45, 2.75) is 38.6 Å². The van der Waals surface area contributed by atoms with Crippen molar-refractivity contribution in [1.29, 1.82) is 0 Å². The van der Waals surface area contributed by atoms with Gasteiger partial charge < -0.3 is 30.9 Å². The van der Waals surface area contributed by atoms with Crippen LogP contribution in [-0.2, 0) is 11.2 Å². The van der Waals surface area contributed by atoms with E-state index in [1.54, 1.807) is 13.3 Å². The number of ether oxygens (including phenoxy) is 1. The van der Waals surface area contributed by atoms with Crippen LogP contribution in [0.4, 0.5) is 11.6 Å². The number of piperidine rings is 1. The highest BCUT2D eigenvalue weighted by atomic mass is 35.5. The number of nitrogens with zero attached hydrogens (tertiary/aromatic N) is 4. The summed E-state index contributed by atoms with van der Waals surface area (Å²) in [7, 11) is 1.66. The Morgan fingerprint density at radius 1 is 1.29 bits per heavy atom. The number of aliphatic imine (C=N–C) groups is 1. The van der Waals surface area contributed by atoms with Gasteiger partial charge in [-0.3, -0.25) is 14.6 Å². The van der Waals surface area contributed by atoms with Gasteiger partial charge in [0.05, 0.1) is 32.2 Å². The van der Waals surface area contributed by atoms with Crippen molar-refractivity contribution in [2.24, 2.45) is 4.99 Å². The molecule has 2 amide bonds. The van der Waals surface area contributed by atoms with Crippen molar-refractivity contribution in [3.63, 3.8) is 0 Å². The number of aryl methyl sites for hydroxylation is 1. The molecule has 1 aliphatic heterocycles. The largest absolute Gasteiger partial charge is 0.484 e. The van der Waals surface area contributed by atoms with Crippen LogP contribution in [0.3, 0.4) is 0 Å². The number of nitrogen functional groups attached to an aromatic ring is 1. The van der Waals surface area contributed by atoms with E-state index in [2.05, 4.69) is 51.0 Å². The summed E-state index contributed by atoms with van der Waals surface area (Å²) in [5.74, 6) is 0.483.